The van der Waals surface area contributed by atoms with Crippen LogP contribution in [0, 0.1) is 3.57 Å². The summed E-state index contributed by atoms with van der Waals surface area (Å²) in [4.78, 5) is 0. The Balaban J connectivity index is 3.48. The second-order valence-corrected chi connectivity index (χ2v) is 4.00. The minimum Gasteiger partial charge on any atom is -0.493 e. The van der Waals surface area contributed by atoms with Gasteiger partial charge in [0.25, 0.3) is 0 Å². The van der Waals surface area contributed by atoms with Gasteiger partial charge in [-0.2, -0.15) is 0 Å². The highest BCUT2D eigenvalue weighted by atomic mass is 127. The molecule has 0 fully saturated rings. The summed E-state index contributed by atoms with van der Waals surface area (Å²) in [7, 11) is 2.86. The molecular formula is C9H12BIO5. The van der Waals surface area contributed by atoms with Gasteiger partial charge in [-0.3, -0.25) is 0 Å². The third-order valence-electron chi connectivity index (χ3n) is 2.08. The summed E-state index contributed by atoms with van der Waals surface area (Å²) >= 11 is 1.96. The molecule has 0 heterocycles. The minimum atomic E-state index is -1.58. The largest absolute Gasteiger partial charge is 0.493 e. The molecule has 7 heteroatoms. The molecule has 5 nitrogen and oxygen atoms in total. The van der Waals surface area contributed by atoms with Crippen molar-refractivity contribution < 1.29 is 24.3 Å². The van der Waals surface area contributed by atoms with Gasteiger partial charge in [0.05, 0.1) is 24.9 Å². The first kappa shape index (κ1) is 13.4. The van der Waals surface area contributed by atoms with E-state index in [4.69, 9.17) is 14.2 Å². The van der Waals surface area contributed by atoms with Crippen molar-refractivity contribution in [2.24, 2.45) is 0 Å². The Morgan fingerprint density at radius 3 is 2.00 bits per heavy atom. The minimum absolute atomic E-state index is 0.315. The fraction of sp³-hybridized carbons (Fsp3) is 0.333. The molecule has 1 aromatic carbocycles. The van der Waals surface area contributed by atoms with Crippen LogP contribution in [0.2, 0.25) is 0 Å². The fourth-order valence-corrected chi connectivity index (χ4v) is 2.23. The molecule has 88 valence electrons. The highest BCUT2D eigenvalue weighted by Crippen LogP contribution is 2.39. The maximum Gasteiger partial charge on any atom is 0.489 e. The molecule has 16 heavy (non-hydrogen) atoms. The third-order valence-corrected chi connectivity index (χ3v) is 3.19. The van der Waals surface area contributed by atoms with Crippen LogP contribution < -0.4 is 19.7 Å². The molecule has 0 amide bonds. The lowest BCUT2D eigenvalue weighted by Gasteiger charge is -2.16. The Morgan fingerprint density at radius 1 is 1.06 bits per heavy atom. The van der Waals surface area contributed by atoms with Crippen molar-refractivity contribution in [2.75, 3.05) is 21.3 Å². The van der Waals surface area contributed by atoms with Gasteiger partial charge < -0.3 is 24.3 Å². The van der Waals surface area contributed by atoms with Gasteiger partial charge in [0.15, 0.2) is 11.5 Å². The zero-order valence-corrected chi connectivity index (χ0v) is 11.3. The van der Waals surface area contributed by atoms with E-state index in [-0.39, 0.29) is 0 Å². The van der Waals surface area contributed by atoms with Gasteiger partial charge in [0.1, 0.15) is 0 Å². The third kappa shape index (κ3) is 2.36. The lowest BCUT2D eigenvalue weighted by Crippen LogP contribution is -2.32. The van der Waals surface area contributed by atoms with Crippen LogP contribution in [-0.2, 0) is 0 Å². The Labute approximate surface area is 108 Å². The molecule has 0 atom stereocenters. The molecule has 1 rings (SSSR count). The van der Waals surface area contributed by atoms with E-state index in [1.807, 2.05) is 22.6 Å². The molecule has 0 aromatic heterocycles. The van der Waals surface area contributed by atoms with Crippen molar-refractivity contribution in [3.8, 4) is 17.2 Å². The fourth-order valence-electron chi connectivity index (χ4n) is 1.33. The van der Waals surface area contributed by atoms with Gasteiger partial charge in [-0.15, -0.1) is 0 Å². The van der Waals surface area contributed by atoms with Gasteiger partial charge in [-0.1, -0.05) is 0 Å². The molecule has 0 bridgehead atoms. The van der Waals surface area contributed by atoms with Crippen molar-refractivity contribution >= 4 is 35.2 Å². The van der Waals surface area contributed by atoms with Crippen LogP contribution in [-0.4, -0.2) is 38.5 Å². The van der Waals surface area contributed by atoms with Gasteiger partial charge >= 0.3 is 7.12 Å². The van der Waals surface area contributed by atoms with E-state index in [0.717, 1.165) is 0 Å². The molecule has 2 N–H and O–H groups in total. The summed E-state index contributed by atoms with van der Waals surface area (Å²) in [5, 5.41) is 18.4. The van der Waals surface area contributed by atoms with E-state index in [1.165, 1.54) is 27.4 Å². The first-order chi connectivity index (χ1) is 7.56. The molecule has 0 saturated carbocycles. The number of rotatable bonds is 4. The van der Waals surface area contributed by atoms with Crippen LogP contribution in [0.4, 0.5) is 0 Å². The summed E-state index contributed by atoms with van der Waals surface area (Å²) in [6.45, 7) is 0. The number of methoxy groups -OCH3 is 3. The van der Waals surface area contributed by atoms with Crippen LogP contribution in [0.15, 0.2) is 6.07 Å². The van der Waals surface area contributed by atoms with Gasteiger partial charge in [0.2, 0.25) is 5.75 Å². The van der Waals surface area contributed by atoms with E-state index >= 15 is 0 Å². The number of ether oxygens (including phenoxy) is 3. The SMILES string of the molecule is COc1cc(B(O)O)c(I)c(OC)c1OC. The Morgan fingerprint density at radius 2 is 1.62 bits per heavy atom. The predicted octanol–water partition coefficient (Wildman–Crippen LogP) is -0.00320. The average molecular weight is 338 g/mol. The van der Waals surface area contributed by atoms with Crippen LogP contribution in [0.5, 0.6) is 17.2 Å². The Kier molecular flexibility index (Phi) is 4.69. The molecule has 0 saturated heterocycles. The Bertz CT molecular complexity index is 383. The van der Waals surface area contributed by atoms with Crippen molar-refractivity contribution in [1.82, 2.24) is 0 Å². The molecular weight excluding hydrogens is 326 g/mol. The van der Waals surface area contributed by atoms with Crippen LogP contribution in [0.25, 0.3) is 0 Å². The first-order valence-electron chi connectivity index (χ1n) is 4.41. The zero-order chi connectivity index (χ0) is 12.3. The second-order valence-electron chi connectivity index (χ2n) is 2.92. The van der Waals surface area contributed by atoms with Crippen LogP contribution in [0.1, 0.15) is 0 Å². The van der Waals surface area contributed by atoms with Crippen molar-refractivity contribution in [2.45, 2.75) is 0 Å². The van der Waals surface area contributed by atoms with Crippen LogP contribution in [0.3, 0.4) is 0 Å². The number of hydrogen-bond acceptors (Lipinski definition) is 5. The lowest BCUT2D eigenvalue weighted by atomic mass is 9.80. The van der Waals surface area contributed by atoms with E-state index in [1.54, 1.807) is 0 Å². The van der Waals surface area contributed by atoms with Gasteiger partial charge in [-0.05, 0) is 28.7 Å². The standard InChI is InChI=1S/C9H12BIO5/c1-14-6-4-5(10(12)13)7(11)9(16-3)8(6)15-2/h4,12-13H,1-3H3. The van der Waals surface area contributed by atoms with Crippen molar-refractivity contribution in [3.05, 3.63) is 9.64 Å². The molecule has 0 aliphatic heterocycles. The van der Waals surface area contributed by atoms with E-state index < -0.39 is 7.12 Å². The highest BCUT2D eigenvalue weighted by molar-refractivity contribution is 14.1. The number of halogens is 1. The number of benzene rings is 1. The molecule has 1 aromatic rings. The summed E-state index contributed by atoms with van der Waals surface area (Å²) in [6, 6.07) is 1.51. The second kappa shape index (κ2) is 5.60. The Hall–Kier alpha value is -0.665. The summed E-state index contributed by atoms with van der Waals surface area (Å²) in [5.74, 6) is 1.24. The number of hydrogen-bond donors (Lipinski definition) is 2. The maximum absolute atomic E-state index is 9.21. The van der Waals surface area contributed by atoms with E-state index in [2.05, 4.69) is 0 Å². The quantitative estimate of drug-likeness (QED) is 0.598. The topological polar surface area (TPSA) is 68.2 Å². The van der Waals surface area contributed by atoms with Gasteiger partial charge in [0, 0.05) is 5.46 Å². The predicted molar refractivity (Wildman–Crippen MR) is 68.6 cm³/mol. The average Bonchev–Trinajstić information content (AvgIpc) is 2.27. The van der Waals surface area contributed by atoms with Crippen LogP contribution >= 0.6 is 22.6 Å². The maximum atomic E-state index is 9.21. The van der Waals surface area contributed by atoms with E-state index in [9.17, 15) is 10.0 Å². The normalized spacial score (nSPS) is 9.88. The van der Waals surface area contributed by atoms with Gasteiger partial charge in [-0.25, -0.2) is 0 Å². The lowest BCUT2D eigenvalue weighted by molar-refractivity contribution is 0.323. The molecule has 0 spiro atoms. The molecule has 0 unspecified atom stereocenters. The molecule has 0 radical (unpaired) electrons. The first-order valence-corrected chi connectivity index (χ1v) is 5.49. The molecule has 0 aliphatic carbocycles. The summed E-state index contributed by atoms with van der Waals surface area (Å²) < 4.78 is 16.0. The monoisotopic (exact) mass is 338 g/mol. The van der Waals surface area contributed by atoms with Crippen molar-refractivity contribution in [1.29, 1.82) is 0 Å². The summed E-state index contributed by atoms with van der Waals surface area (Å²) in [6.07, 6.45) is 0. The summed E-state index contributed by atoms with van der Waals surface area (Å²) in [5.41, 5.74) is 0.315. The van der Waals surface area contributed by atoms with Crippen molar-refractivity contribution in [3.63, 3.8) is 0 Å². The highest BCUT2D eigenvalue weighted by Gasteiger charge is 2.24. The zero-order valence-electron chi connectivity index (χ0n) is 9.15. The molecule has 0 aliphatic rings. The smallest absolute Gasteiger partial charge is 0.489 e. The van der Waals surface area contributed by atoms with E-state index in [0.29, 0.717) is 26.3 Å².